The van der Waals surface area contributed by atoms with E-state index in [2.05, 4.69) is 241 Å². The number of rotatable bonds is 9. The normalized spacial score (nSPS) is 12.4. The van der Waals surface area contributed by atoms with E-state index in [-0.39, 0.29) is 0 Å². The van der Waals surface area contributed by atoms with Crippen molar-refractivity contribution >= 4 is 11.4 Å². The third-order valence-electron chi connectivity index (χ3n) is 11.7. The van der Waals surface area contributed by atoms with Crippen molar-refractivity contribution in [3.8, 4) is 44.5 Å². The molecule has 10 rings (SSSR count). The first-order valence-corrected chi connectivity index (χ1v) is 19.8. The van der Waals surface area contributed by atoms with Crippen LogP contribution < -0.4 is 4.90 Å². The van der Waals surface area contributed by atoms with Gasteiger partial charge < -0.3 is 4.90 Å². The monoisotopic (exact) mass is 727 g/mol. The van der Waals surface area contributed by atoms with Gasteiger partial charge in [0.1, 0.15) is 0 Å². The van der Waals surface area contributed by atoms with Crippen molar-refractivity contribution in [1.29, 1.82) is 0 Å². The molecule has 0 atom stereocenters. The molecule has 1 aliphatic carbocycles. The van der Waals surface area contributed by atoms with E-state index in [1.165, 1.54) is 72.3 Å². The quantitative estimate of drug-likeness (QED) is 0.143. The topological polar surface area (TPSA) is 3.24 Å². The van der Waals surface area contributed by atoms with Crippen molar-refractivity contribution in [2.45, 2.75) is 12.0 Å². The van der Waals surface area contributed by atoms with Crippen molar-refractivity contribution in [3.05, 3.63) is 264 Å². The van der Waals surface area contributed by atoms with E-state index in [0.717, 1.165) is 11.4 Å². The van der Waals surface area contributed by atoms with Gasteiger partial charge in [0.05, 0.1) is 5.41 Å². The van der Waals surface area contributed by atoms with E-state index < -0.39 is 5.41 Å². The Kier molecular flexibility index (Phi) is 8.89. The summed E-state index contributed by atoms with van der Waals surface area (Å²) in [7, 11) is 0. The number of nitrogens with zero attached hydrogens (tertiary/aromatic N) is 1. The van der Waals surface area contributed by atoms with Crippen LogP contribution in [-0.4, -0.2) is 0 Å². The average molecular weight is 728 g/mol. The standard InChI is InChI=1S/C56H41N/c1-6-18-41(19-7-1)43-30-34-49(35-31-43)57(50-36-32-44(33-37-50)42-20-8-2-9-21-42)40-46-38-55-53(39-52(46)45-22-10-3-11-23-45)51-28-16-17-29-54(51)56(55,47-24-12-4-13-25-47)48-26-14-5-15-27-48/h1-39H,40H2. The summed E-state index contributed by atoms with van der Waals surface area (Å²) in [6.45, 7) is 0.670. The SMILES string of the molecule is c1ccc(-c2ccc(N(Cc3cc4c(cc3-c3ccccc3)-c3ccccc3C4(c3ccccc3)c3ccccc3)c3ccc(-c4ccccc4)cc3)cc2)cc1. The van der Waals surface area contributed by atoms with Crippen LogP contribution in [0, 0.1) is 0 Å². The van der Waals surface area contributed by atoms with Crippen LogP contribution in [0.3, 0.4) is 0 Å². The molecule has 0 saturated carbocycles. The summed E-state index contributed by atoms with van der Waals surface area (Å²) in [6, 6.07) is 86.5. The third kappa shape index (κ3) is 6.15. The highest BCUT2D eigenvalue weighted by Crippen LogP contribution is 2.57. The van der Waals surface area contributed by atoms with Crippen LogP contribution in [-0.2, 0) is 12.0 Å². The maximum Gasteiger partial charge on any atom is 0.0713 e. The Morgan fingerprint density at radius 3 is 1.19 bits per heavy atom. The van der Waals surface area contributed by atoms with Gasteiger partial charge in [-0.25, -0.2) is 0 Å². The second-order valence-electron chi connectivity index (χ2n) is 14.9. The molecule has 9 aromatic rings. The molecule has 0 spiro atoms. The van der Waals surface area contributed by atoms with Gasteiger partial charge in [0.2, 0.25) is 0 Å². The van der Waals surface area contributed by atoms with Crippen LogP contribution in [0.2, 0.25) is 0 Å². The molecule has 57 heavy (non-hydrogen) atoms. The summed E-state index contributed by atoms with van der Waals surface area (Å²) >= 11 is 0. The van der Waals surface area contributed by atoms with Crippen molar-refractivity contribution in [2.24, 2.45) is 0 Å². The molecule has 1 aliphatic rings. The second kappa shape index (κ2) is 14.8. The zero-order valence-corrected chi connectivity index (χ0v) is 31.7. The van der Waals surface area contributed by atoms with Gasteiger partial charge in [-0.15, -0.1) is 0 Å². The van der Waals surface area contributed by atoms with E-state index >= 15 is 0 Å². The first kappa shape index (κ1) is 34.3. The van der Waals surface area contributed by atoms with Crippen molar-refractivity contribution in [1.82, 2.24) is 0 Å². The van der Waals surface area contributed by atoms with Crippen LogP contribution in [0.4, 0.5) is 11.4 Å². The molecule has 0 radical (unpaired) electrons. The lowest BCUT2D eigenvalue weighted by Crippen LogP contribution is -2.29. The maximum atomic E-state index is 2.53. The predicted octanol–water partition coefficient (Wildman–Crippen LogP) is 14.4. The molecular weight excluding hydrogens is 687 g/mol. The fourth-order valence-electron chi connectivity index (χ4n) is 8.98. The molecular formula is C56H41N. The van der Waals surface area contributed by atoms with E-state index in [1.54, 1.807) is 0 Å². The van der Waals surface area contributed by atoms with Gasteiger partial charge in [0.25, 0.3) is 0 Å². The van der Waals surface area contributed by atoms with Crippen LogP contribution in [0.1, 0.15) is 27.8 Å². The Hall–Kier alpha value is -7.22. The molecule has 0 bridgehead atoms. The first-order chi connectivity index (χ1) is 28.3. The van der Waals surface area contributed by atoms with E-state index in [1.807, 2.05) is 0 Å². The van der Waals surface area contributed by atoms with E-state index in [4.69, 9.17) is 0 Å². The van der Waals surface area contributed by atoms with Gasteiger partial charge in [-0.2, -0.15) is 0 Å². The lowest BCUT2D eigenvalue weighted by atomic mass is 9.67. The molecule has 0 amide bonds. The fourth-order valence-corrected chi connectivity index (χ4v) is 8.98. The molecule has 0 aliphatic heterocycles. The Balaban J connectivity index is 1.19. The summed E-state index contributed by atoms with van der Waals surface area (Å²) in [6.07, 6.45) is 0. The van der Waals surface area contributed by atoms with E-state index in [9.17, 15) is 0 Å². The highest BCUT2D eigenvalue weighted by molar-refractivity contribution is 5.90. The Bertz CT molecular complexity index is 2640. The molecule has 1 nitrogen and oxygen atoms in total. The Morgan fingerprint density at radius 2 is 0.702 bits per heavy atom. The van der Waals surface area contributed by atoms with Gasteiger partial charge >= 0.3 is 0 Å². The van der Waals surface area contributed by atoms with Crippen molar-refractivity contribution in [3.63, 3.8) is 0 Å². The molecule has 0 fully saturated rings. The van der Waals surface area contributed by atoms with Crippen LogP contribution in [0.5, 0.6) is 0 Å². The average Bonchev–Trinajstić information content (AvgIpc) is 3.59. The minimum atomic E-state index is -0.488. The molecule has 0 saturated heterocycles. The number of anilines is 2. The smallest absolute Gasteiger partial charge is 0.0713 e. The predicted molar refractivity (Wildman–Crippen MR) is 239 cm³/mol. The molecule has 0 heterocycles. The number of benzene rings is 9. The van der Waals surface area contributed by atoms with Crippen LogP contribution >= 0.6 is 0 Å². The number of hydrogen-bond donors (Lipinski definition) is 0. The van der Waals surface area contributed by atoms with E-state index in [0.29, 0.717) is 6.54 Å². The molecule has 1 heteroatoms. The lowest BCUT2D eigenvalue weighted by molar-refractivity contribution is 0.766. The first-order valence-electron chi connectivity index (χ1n) is 19.8. The van der Waals surface area contributed by atoms with Crippen LogP contribution in [0.15, 0.2) is 237 Å². The zero-order valence-electron chi connectivity index (χ0n) is 31.7. The zero-order chi connectivity index (χ0) is 38.0. The summed E-state index contributed by atoms with van der Waals surface area (Å²) in [5.41, 5.74) is 18.1. The summed E-state index contributed by atoms with van der Waals surface area (Å²) < 4.78 is 0. The molecule has 9 aromatic carbocycles. The Morgan fingerprint density at radius 1 is 0.298 bits per heavy atom. The largest absolute Gasteiger partial charge is 0.337 e. The van der Waals surface area contributed by atoms with Gasteiger partial charge in [0, 0.05) is 17.9 Å². The van der Waals surface area contributed by atoms with Crippen LogP contribution in [0.25, 0.3) is 44.5 Å². The fraction of sp³-hybridized carbons (Fsp3) is 0.0357. The molecule has 0 aromatic heterocycles. The van der Waals surface area contributed by atoms with Gasteiger partial charge in [-0.1, -0.05) is 206 Å². The number of hydrogen-bond acceptors (Lipinski definition) is 1. The van der Waals surface area contributed by atoms with Gasteiger partial charge in [0.15, 0.2) is 0 Å². The van der Waals surface area contributed by atoms with Gasteiger partial charge in [-0.05, 0) is 103 Å². The highest BCUT2D eigenvalue weighted by Gasteiger charge is 2.46. The minimum absolute atomic E-state index is 0.488. The highest BCUT2D eigenvalue weighted by atomic mass is 15.1. The molecule has 0 N–H and O–H groups in total. The minimum Gasteiger partial charge on any atom is -0.337 e. The summed E-state index contributed by atoms with van der Waals surface area (Å²) in [4.78, 5) is 2.48. The summed E-state index contributed by atoms with van der Waals surface area (Å²) in [5.74, 6) is 0. The van der Waals surface area contributed by atoms with Crippen molar-refractivity contribution < 1.29 is 0 Å². The lowest BCUT2D eigenvalue weighted by Gasteiger charge is -2.34. The van der Waals surface area contributed by atoms with Gasteiger partial charge in [-0.3, -0.25) is 0 Å². The Labute approximate surface area is 335 Å². The molecule has 270 valence electrons. The maximum absolute atomic E-state index is 2.53. The third-order valence-corrected chi connectivity index (χ3v) is 11.7. The molecule has 0 unspecified atom stereocenters. The number of fused-ring (bicyclic) bond motifs is 3. The van der Waals surface area contributed by atoms with Crippen molar-refractivity contribution in [2.75, 3.05) is 4.90 Å². The summed E-state index contributed by atoms with van der Waals surface area (Å²) in [5, 5.41) is 0. The second-order valence-corrected chi connectivity index (χ2v) is 14.9.